The van der Waals surface area contributed by atoms with Gasteiger partial charge in [-0.25, -0.2) is 4.39 Å². The van der Waals surface area contributed by atoms with E-state index in [1.807, 2.05) is 43.3 Å². The molecule has 1 aromatic heterocycles. The average molecular weight is 417 g/mol. The first-order valence-corrected chi connectivity index (χ1v) is 10.1. The molecule has 3 aromatic carbocycles. The smallest absolute Gasteiger partial charge is 0.255 e. The summed E-state index contributed by atoms with van der Waals surface area (Å²) in [6, 6.07) is 20.0. The van der Waals surface area contributed by atoms with E-state index < -0.39 is 0 Å². The second-order valence-electron chi connectivity index (χ2n) is 7.47. The lowest BCUT2D eigenvalue weighted by molar-refractivity contribution is 0.397. The average Bonchev–Trinajstić information content (AvgIpc) is 2.80. The van der Waals surface area contributed by atoms with Crippen molar-refractivity contribution < 1.29 is 13.9 Å². The summed E-state index contributed by atoms with van der Waals surface area (Å²) in [5.74, 6) is 0.896. The summed E-state index contributed by atoms with van der Waals surface area (Å²) in [7, 11) is 3.18. The zero-order valence-electron chi connectivity index (χ0n) is 17.8. The molecular formula is C26H24FNO3. The van der Waals surface area contributed by atoms with E-state index in [0.717, 1.165) is 22.0 Å². The van der Waals surface area contributed by atoms with Crippen LogP contribution in [0, 0.1) is 12.7 Å². The number of hydrogen-bond acceptors (Lipinski definition) is 3. The Hall–Kier alpha value is -3.60. The van der Waals surface area contributed by atoms with Crippen LogP contribution in [0.15, 0.2) is 71.5 Å². The molecule has 5 heteroatoms. The van der Waals surface area contributed by atoms with Crippen molar-refractivity contribution in [2.24, 2.45) is 0 Å². The molecule has 31 heavy (non-hydrogen) atoms. The van der Waals surface area contributed by atoms with Crippen molar-refractivity contribution in [2.45, 2.75) is 19.9 Å². The number of halogens is 1. The van der Waals surface area contributed by atoms with Gasteiger partial charge in [-0.05, 0) is 29.7 Å². The lowest BCUT2D eigenvalue weighted by Crippen LogP contribution is -2.26. The van der Waals surface area contributed by atoms with Gasteiger partial charge in [-0.15, -0.1) is 0 Å². The molecule has 0 atom stereocenters. The molecule has 0 spiro atoms. The van der Waals surface area contributed by atoms with E-state index in [4.69, 9.17) is 9.47 Å². The number of fused-ring (bicyclic) bond motifs is 1. The summed E-state index contributed by atoms with van der Waals surface area (Å²) in [6.07, 6.45) is 0.206. The maximum absolute atomic E-state index is 14.4. The first kappa shape index (κ1) is 20.7. The minimum atomic E-state index is -0.322. The zero-order valence-corrected chi connectivity index (χ0v) is 17.8. The van der Waals surface area contributed by atoms with Crippen LogP contribution in [0.3, 0.4) is 0 Å². The number of aromatic nitrogens is 1. The molecule has 158 valence electrons. The highest BCUT2D eigenvalue weighted by Gasteiger charge is 2.20. The van der Waals surface area contributed by atoms with Gasteiger partial charge in [0.2, 0.25) is 0 Å². The number of rotatable bonds is 6. The van der Waals surface area contributed by atoms with Gasteiger partial charge in [0.05, 0.1) is 26.3 Å². The van der Waals surface area contributed by atoms with Gasteiger partial charge in [0, 0.05) is 29.5 Å². The fourth-order valence-corrected chi connectivity index (χ4v) is 3.99. The Bertz CT molecular complexity index is 1300. The predicted molar refractivity (Wildman–Crippen MR) is 121 cm³/mol. The maximum atomic E-state index is 14.4. The Kier molecular flexibility index (Phi) is 5.76. The minimum absolute atomic E-state index is 0.146. The molecule has 1 heterocycles. The van der Waals surface area contributed by atoms with Crippen molar-refractivity contribution in [3.8, 4) is 11.5 Å². The van der Waals surface area contributed by atoms with Crippen LogP contribution in [0.4, 0.5) is 4.39 Å². The van der Waals surface area contributed by atoms with Crippen molar-refractivity contribution in [2.75, 3.05) is 14.2 Å². The molecule has 4 aromatic rings. The van der Waals surface area contributed by atoms with E-state index in [9.17, 15) is 9.18 Å². The highest BCUT2D eigenvalue weighted by molar-refractivity contribution is 5.91. The van der Waals surface area contributed by atoms with Gasteiger partial charge in [-0.1, -0.05) is 48.5 Å². The van der Waals surface area contributed by atoms with Crippen LogP contribution in [0.25, 0.3) is 10.9 Å². The van der Waals surface area contributed by atoms with Crippen molar-refractivity contribution in [3.05, 3.63) is 105 Å². The van der Waals surface area contributed by atoms with Crippen molar-refractivity contribution >= 4 is 10.9 Å². The molecule has 0 amide bonds. The van der Waals surface area contributed by atoms with E-state index in [0.29, 0.717) is 29.2 Å². The monoisotopic (exact) mass is 417 g/mol. The van der Waals surface area contributed by atoms with Crippen molar-refractivity contribution in [1.29, 1.82) is 0 Å². The lowest BCUT2D eigenvalue weighted by Gasteiger charge is -2.19. The second-order valence-corrected chi connectivity index (χ2v) is 7.47. The van der Waals surface area contributed by atoms with Gasteiger partial charge in [0.1, 0.15) is 17.3 Å². The molecule has 4 rings (SSSR count). The third-order valence-electron chi connectivity index (χ3n) is 5.64. The number of ether oxygens (including phenoxy) is 2. The van der Waals surface area contributed by atoms with Gasteiger partial charge in [-0.3, -0.25) is 4.79 Å². The molecule has 0 N–H and O–H groups in total. The number of pyridine rings is 1. The molecule has 0 aliphatic heterocycles. The summed E-state index contributed by atoms with van der Waals surface area (Å²) in [4.78, 5) is 13.7. The summed E-state index contributed by atoms with van der Waals surface area (Å²) < 4.78 is 27.2. The largest absolute Gasteiger partial charge is 0.497 e. The third-order valence-corrected chi connectivity index (χ3v) is 5.64. The Labute approximate surface area is 180 Å². The van der Waals surface area contributed by atoms with E-state index >= 15 is 0 Å². The number of aryl methyl sites for hydroxylation is 1. The fourth-order valence-electron chi connectivity index (χ4n) is 3.99. The second kappa shape index (κ2) is 8.64. The SMILES string of the molecule is COc1cc(OC)c2c(C)c(Cc3ccccc3F)c(=O)n(Cc3ccccc3)c2c1. The van der Waals surface area contributed by atoms with E-state index in [1.165, 1.54) is 6.07 Å². The van der Waals surface area contributed by atoms with Crippen LogP contribution in [0.1, 0.15) is 22.3 Å². The van der Waals surface area contributed by atoms with Crippen molar-refractivity contribution in [3.63, 3.8) is 0 Å². The topological polar surface area (TPSA) is 40.5 Å². The Morgan fingerprint density at radius 1 is 0.935 bits per heavy atom. The number of nitrogens with zero attached hydrogens (tertiary/aromatic N) is 1. The Morgan fingerprint density at radius 3 is 2.32 bits per heavy atom. The highest BCUT2D eigenvalue weighted by atomic mass is 19.1. The number of benzene rings is 3. The molecule has 0 aliphatic carbocycles. The number of hydrogen-bond donors (Lipinski definition) is 0. The van der Waals surface area contributed by atoms with E-state index in [-0.39, 0.29) is 17.8 Å². The molecule has 0 bridgehead atoms. The Balaban J connectivity index is 2.02. The lowest BCUT2D eigenvalue weighted by atomic mass is 9.97. The quantitative estimate of drug-likeness (QED) is 0.438. The highest BCUT2D eigenvalue weighted by Crippen LogP contribution is 2.34. The number of methoxy groups -OCH3 is 2. The first-order chi connectivity index (χ1) is 15.0. The van der Waals surface area contributed by atoms with Crippen molar-refractivity contribution in [1.82, 2.24) is 4.57 Å². The van der Waals surface area contributed by atoms with Crippen LogP contribution in [0.2, 0.25) is 0 Å². The standard InChI is InChI=1S/C26H24FNO3/c1-17-21(13-19-11-7-8-12-22(19)27)26(29)28(16-18-9-5-4-6-10-18)23-14-20(30-2)15-24(31-3)25(17)23/h4-12,14-15H,13,16H2,1-3H3. The van der Waals surface area contributed by atoms with Gasteiger partial charge < -0.3 is 14.0 Å². The molecule has 0 aliphatic rings. The van der Waals surface area contributed by atoms with E-state index in [2.05, 4.69) is 0 Å². The normalized spacial score (nSPS) is 11.0. The van der Waals surface area contributed by atoms with Gasteiger partial charge >= 0.3 is 0 Å². The molecule has 0 unspecified atom stereocenters. The summed E-state index contributed by atoms with van der Waals surface area (Å²) in [5, 5.41) is 0.824. The zero-order chi connectivity index (χ0) is 22.0. The summed E-state index contributed by atoms with van der Waals surface area (Å²) in [5.41, 5.74) is 3.39. The maximum Gasteiger partial charge on any atom is 0.255 e. The van der Waals surface area contributed by atoms with Crippen LogP contribution in [-0.2, 0) is 13.0 Å². The van der Waals surface area contributed by atoms with E-state index in [1.54, 1.807) is 43.1 Å². The van der Waals surface area contributed by atoms with Crippen LogP contribution in [-0.4, -0.2) is 18.8 Å². The molecule has 0 saturated heterocycles. The minimum Gasteiger partial charge on any atom is -0.497 e. The van der Waals surface area contributed by atoms with Gasteiger partial charge in [0.15, 0.2) is 0 Å². The summed E-state index contributed by atoms with van der Waals surface area (Å²) in [6.45, 7) is 2.28. The Morgan fingerprint density at radius 2 is 1.65 bits per heavy atom. The molecular weight excluding hydrogens is 393 g/mol. The van der Waals surface area contributed by atoms with Crippen LogP contribution in [0.5, 0.6) is 11.5 Å². The first-order valence-electron chi connectivity index (χ1n) is 10.1. The predicted octanol–water partition coefficient (Wildman–Crippen LogP) is 5.11. The molecule has 4 nitrogen and oxygen atoms in total. The van der Waals surface area contributed by atoms with Gasteiger partial charge in [-0.2, -0.15) is 0 Å². The molecule has 0 radical (unpaired) electrons. The van der Waals surface area contributed by atoms with Gasteiger partial charge in [0.25, 0.3) is 5.56 Å². The molecule has 0 fully saturated rings. The van der Waals surface area contributed by atoms with Crippen LogP contribution >= 0.6 is 0 Å². The van der Waals surface area contributed by atoms with Crippen LogP contribution < -0.4 is 15.0 Å². The third kappa shape index (κ3) is 3.91. The molecule has 0 saturated carbocycles. The summed E-state index contributed by atoms with van der Waals surface area (Å²) >= 11 is 0. The fraction of sp³-hybridized carbons (Fsp3) is 0.192.